The molecule has 4 rings (SSSR count). The Labute approximate surface area is 123 Å². The first-order valence-electron chi connectivity index (χ1n) is 6.30. The third kappa shape index (κ3) is 1.61. The van der Waals surface area contributed by atoms with Crippen molar-refractivity contribution in [1.82, 2.24) is 4.98 Å². The molecule has 0 saturated carbocycles. The number of benzene rings is 2. The number of para-hydroxylation sites is 1. The predicted molar refractivity (Wildman–Crippen MR) is 82.0 cm³/mol. The fourth-order valence-electron chi connectivity index (χ4n) is 2.62. The van der Waals surface area contributed by atoms with Gasteiger partial charge in [0.15, 0.2) is 5.43 Å². The van der Waals surface area contributed by atoms with Crippen LogP contribution in [-0.2, 0) is 6.61 Å². The Bertz CT molecular complexity index is 899. The summed E-state index contributed by atoms with van der Waals surface area (Å²) in [7, 11) is 0. The summed E-state index contributed by atoms with van der Waals surface area (Å²) in [5, 5.41) is 0.702. The van der Waals surface area contributed by atoms with Crippen molar-refractivity contribution in [3.05, 3.63) is 62.7 Å². The Morgan fingerprint density at radius 3 is 2.90 bits per heavy atom. The van der Waals surface area contributed by atoms with Crippen molar-refractivity contribution in [2.24, 2.45) is 0 Å². The van der Waals surface area contributed by atoms with Crippen LogP contribution in [0.15, 0.2) is 51.7 Å². The van der Waals surface area contributed by atoms with Crippen molar-refractivity contribution in [2.75, 3.05) is 0 Å². The maximum Gasteiger partial charge on any atom is 0.196 e. The van der Waals surface area contributed by atoms with Gasteiger partial charge in [-0.2, -0.15) is 0 Å². The second-order valence-electron chi connectivity index (χ2n) is 4.78. The van der Waals surface area contributed by atoms with Gasteiger partial charge in [-0.25, -0.2) is 0 Å². The second-order valence-corrected chi connectivity index (χ2v) is 5.70. The number of pyridine rings is 1. The van der Waals surface area contributed by atoms with Crippen LogP contribution in [-0.4, -0.2) is 4.98 Å². The van der Waals surface area contributed by atoms with Crippen LogP contribution in [0.5, 0.6) is 5.75 Å². The molecule has 1 aliphatic heterocycles. The van der Waals surface area contributed by atoms with Crippen LogP contribution < -0.4 is 10.2 Å². The van der Waals surface area contributed by atoms with Crippen molar-refractivity contribution in [3.63, 3.8) is 0 Å². The fourth-order valence-corrected chi connectivity index (χ4v) is 2.98. The molecule has 1 N–H and O–H groups in total. The molecular weight excluding hydrogens is 318 g/mol. The number of H-pyrrole nitrogens is 1. The molecule has 2 aromatic carbocycles. The molecule has 0 bridgehead atoms. The Morgan fingerprint density at radius 2 is 2.00 bits per heavy atom. The maximum absolute atomic E-state index is 12.6. The number of aromatic nitrogens is 1. The molecule has 0 aliphatic carbocycles. The minimum absolute atomic E-state index is 0.0416. The highest BCUT2D eigenvalue weighted by atomic mass is 79.9. The molecule has 3 aromatic rings. The van der Waals surface area contributed by atoms with Gasteiger partial charge in [-0.15, -0.1) is 0 Å². The van der Waals surface area contributed by atoms with E-state index in [1.807, 2.05) is 42.5 Å². The molecule has 4 heteroatoms. The summed E-state index contributed by atoms with van der Waals surface area (Å²) in [5.74, 6) is 0.798. The normalized spacial score (nSPS) is 12.7. The molecule has 0 amide bonds. The van der Waals surface area contributed by atoms with E-state index in [9.17, 15) is 4.79 Å². The van der Waals surface area contributed by atoms with Crippen LogP contribution in [0, 0.1) is 0 Å². The molecule has 1 aliphatic rings. The van der Waals surface area contributed by atoms with E-state index in [1.54, 1.807) is 0 Å². The minimum atomic E-state index is 0.0416. The van der Waals surface area contributed by atoms with E-state index in [0.29, 0.717) is 17.6 Å². The summed E-state index contributed by atoms with van der Waals surface area (Å²) >= 11 is 3.46. The Morgan fingerprint density at radius 1 is 1.15 bits per heavy atom. The summed E-state index contributed by atoms with van der Waals surface area (Å²) in [6, 6.07) is 13.4. The molecule has 0 atom stereocenters. The van der Waals surface area contributed by atoms with Gasteiger partial charge in [-0.1, -0.05) is 28.1 Å². The van der Waals surface area contributed by atoms with E-state index < -0.39 is 0 Å². The van der Waals surface area contributed by atoms with Crippen LogP contribution in [0.25, 0.3) is 22.2 Å². The first kappa shape index (κ1) is 11.7. The molecule has 2 heterocycles. The Hall–Kier alpha value is -2.07. The highest BCUT2D eigenvalue weighted by Crippen LogP contribution is 2.37. The van der Waals surface area contributed by atoms with E-state index in [4.69, 9.17) is 4.74 Å². The molecule has 0 fully saturated rings. The average molecular weight is 328 g/mol. The minimum Gasteiger partial charge on any atom is -0.488 e. The molecule has 0 radical (unpaired) electrons. The Balaban J connectivity index is 2.13. The maximum atomic E-state index is 12.6. The van der Waals surface area contributed by atoms with Crippen molar-refractivity contribution in [2.45, 2.75) is 6.61 Å². The standard InChI is InChI=1S/C16H10BrNO2/c17-9-5-6-14-11(7-9)15-12(8-20-14)16(19)10-3-1-2-4-13(10)18-15/h1-7H,8H2,(H,18,19). The number of hydrogen-bond acceptors (Lipinski definition) is 2. The molecule has 98 valence electrons. The lowest BCUT2D eigenvalue weighted by atomic mass is 10.0. The third-order valence-corrected chi connectivity index (χ3v) is 4.08. The van der Waals surface area contributed by atoms with Crippen molar-refractivity contribution < 1.29 is 4.74 Å². The van der Waals surface area contributed by atoms with Crippen LogP contribution in [0.1, 0.15) is 5.56 Å². The largest absolute Gasteiger partial charge is 0.488 e. The summed E-state index contributed by atoms with van der Waals surface area (Å²) in [5.41, 5.74) is 3.36. The molecule has 0 spiro atoms. The van der Waals surface area contributed by atoms with Crippen LogP contribution in [0.3, 0.4) is 0 Å². The number of rotatable bonds is 0. The highest BCUT2D eigenvalue weighted by molar-refractivity contribution is 9.10. The average Bonchev–Trinajstić information content (AvgIpc) is 2.47. The van der Waals surface area contributed by atoms with E-state index >= 15 is 0 Å². The number of hydrogen-bond donors (Lipinski definition) is 1. The highest BCUT2D eigenvalue weighted by Gasteiger charge is 2.21. The van der Waals surface area contributed by atoms with Gasteiger partial charge in [-0.3, -0.25) is 4.79 Å². The molecule has 20 heavy (non-hydrogen) atoms. The van der Waals surface area contributed by atoms with Gasteiger partial charge in [0.1, 0.15) is 12.4 Å². The third-order valence-electron chi connectivity index (χ3n) is 3.59. The summed E-state index contributed by atoms with van der Waals surface area (Å²) in [6.45, 7) is 0.310. The van der Waals surface area contributed by atoms with Crippen molar-refractivity contribution in [3.8, 4) is 17.0 Å². The zero-order chi connectivity index (χ0) is 13.7. The van der Waals surface area contributed by atoms with Crippen molar-refractivity contribution in [1.29, 1.82) is 0 Å². The van der Waals surface area contributed by atoms with Gasteiger partial charge in [0.25, 0.3) is 0 Å². The number of fused-ring (bicyclic) bond motifs is 4. The lowest BCUT2D eigenvalue weighted by molar-refractivity contribution is 0.300. The first-order valence-corrected chi connectivity index (χ1v) is 7.10. The predicted octanol–water partition coefficient (Wildman–Crippen LogP) is 3.85. The summed E-state index contributed by atoms with van der Waals surface area (Å²) in [6.07, 6.45) is 0. The van der Waals surface area contributed by atoms with Gasteiger partial charge >= 0.3 is 0 Å². The smallest absolute Gasteiger partial charge is 0.196 e. The molecular formula is C16H10BrNO2. The van der Waals surface area contributed by atoms with Gasteiger partial charge in [0.2, 0.25) is 0 Å². The number of nitrogens with one attached hydrogen (secondary N) is 1. The lowest BCUT2D eigenvalue weighted by Crippen LogP contribution is -2.18. The van der Waals surface area contributed by atoms with Gasteiger partial charge < -0.3 is 9.72 Å². The van der Waals surface area contributed by atoms with Crippen LogP contribution >= 0.6 is 15.9 Å². The monoisotopic (exact) mass is 327 g/mol. The fraction of sp³-hybridized carbons (Fsp3) is 0.0625. The summed E-state index contributed by atoms with van der Waals surface area (Å²) < 4.78 is 6.65. The van der Waals surface area contributed by atoms with Crippen LogP contribution in [0.4, 0.5) is 0 Å². The van der Waals surface area contributed by atoms with Crippen molar-refractivity contribution >= 4 is 26.8 Å². The van der Waals surface area contributed by atoms with E-state index in [0.717, 1.165) is 27.0 Å². The van der Waals surface area contributed by atoms with E-state index in [2.05, 4.69) is 20.9 Å². The zero-order valence-corrected chi connectivity index (χ0v) is 12.0. The number of halogens is 1. The lowest BCUT2D eigenvalue weighted by Gasteiger charge is -2.21. The number of ether oxygens (including phenoxy) is 1. The quantitative estimate of drug-likeness (QED) is 0.681. The molecule has 0 saturated heterocycles. The molecule has 3 nitrogen and oxygen atoms in total. The Kier molecular flexibility index (Phi) is 2.47. The van der Waals surface area contributed by atoms with E-state index in [-0.39, 0.29) is 5.43 Å². The topological polar surface area (TPSA) is 42.1 Å². The van der Waals surface area contributed by atoms with Gasteiger partial charge in [-0.05, 0) is 30.3 Å². The van der Waals surface area contributed by atoms with Gasteiger partial charge in [0.05, 0.1) is 11.3 Å². The summed E-state index contributed by atoms with van der Waals surface area (Å²) in [4.78, 5) is 15.9. The molecule has 1 aromatic heterocycles. The SMILES string of the molecule is O=c1c2c([nH]c3ccccc13)-c1cc(Br)ccc1OC2. The number of aromatic amines is 1. The van der Waals surface area contributed by atoms with Crippen LogP contribution in [0.2, 0.25) is 0 Å². The zero-order valence-electron chi connectivity index (χ0n) is 10.4. The second kappa shape index (κ2) is 4.21. The van der Waals surface area contributed by atoms with E-state index in [1.165, 1.54) is 0 Å². The molecule has 0 unspecified atom stereocenters. The first-order chi connectivity index (χ1) is 9.74. The van der Waals surface area contributed by atoms with Gasteiger partial charge in [0, 0.05) is 20.9 Å².